The van der Waals surface area contributed by atoms with Crippen LogP contribution in [-0.4, -0.2) is 81.3 Å². The van der Waals surface area contributed by atoms with Crippen LogP contribution in [0.5, 0.6) is 5.75 Å². The number of nitrogens with zero attached hydrogens (tertiary/aromatic N) is 6. The fourth-order valence-corrected chi connectivity index (χ4v) is 5.95. The van der Waals surface area contributed by atoms with Crippen molar-refractivity contribution in [2.24, 2.45) is 7.05 Å². The highest BCUT2D eigenvalue weighted by Crippen LogP contribution is 2.35. The number of pyridine rings is 3. The van der Waals surface area contributed by atoms with Crippen molar-refractivity contribution in [1.82, 2.24) is 29.3 Å². The van der Waals surface area contributed by atoms with Crippen LogP contribution < -0.4 is 10.1 Å². The zero-order valence-corrected chi connectivity index (χ0v) is 25.4. The third-order valence-corrected chi connectivity index (χ3v) is 8.23. The van der Waals surface area contributed by atoms with Crippen LogP contribution in [-0.2, 0) is 13.5 Å². The van der Waals surface area contributed by atoms with Gasteiger partial charge in [-0.1, -0.05) is 20.3 Å². The summed E-state index contributed by atoms with van der Waals surface area (Å²) in [4.78, 5) is 32.2. The second kappa shape index (κ2) is 12.3. The molecular formula is C32H40N8O2. The van der Waals surface area contributed by atoms with Crippen LogP contribution >= 0.6 is 0 Å². The number of methoxy groups -OCH3 is 1. The van der Waals surface area contributed by atoms with Crippen LogP contribution in [0.25, 0.3) is 22.2 Å². The number of aromatic nitrogens is 4. The minimum Gasteiger partial charge on any atom is -0.496 e. The molecule has 2 N–H and O–H groups in total. The molecule has 0 spiro atoms. The predicted octanol–water partition coefficient (Wildman–Crippen LogP) is 5.13. The lowest BCUT2D eigenvalue weighted by atomic mass is 10.1. The number of hydrogen-bond acceptors (Lipinski definition) is 8. The number of ether oxygens (including phenoxy) is 1. The van der Waals surface area contributed by atoms with Crippen molar-refractivity contribution in [2.45, 2.75) is 40.5 Å². The number of nitrogens with one attached hydrogen (secondary N) is 2. The van der Waals surface area contributed by atoms with E-state index in [9.17, 15) is 4.79 Å². The fourth-order valence-electron chi connectivity index (χ4n) is 5.95. The minimum absolute atomic E-state index is 0.0739. The first-order valence-electron chi connectivity index (χ1n) is 14.6. The first kappa shape index (κ1) is 29.2. The third-order valence-electron chi connectivity index (χ3n) is 8.23. The van der Waals surface area contributed by atoms with Crippen LogP contribution in [0.1, 0.15) is 53.3 Å². The van der Waals surface area contributed by atoms with E-state index in [1.165, 1.54) is 6.21 Å². The van der Waals surface area contributed by atoms with E-state index in [0.717, 1.165) is 79.0 Å². The highest BCUT2D eigenvalue weighted by molar-refractivity contribution is 6.03. The van der Waals surface area contributed by atoms with Crippen LogP contribution in [0.3, 0.4) is 0 Å². The molecule has 4 aromatic rings. The first-order chi connectivity index (χ1) is 20.3. The molecule has 1 fully saturated rings. The lowest BCUT2D eigenvalue weighted by Crippen LogP contribution is -2.48. The molecule has 10 nitrogen and oxygen atoms in total. The second-order valence-corrected chi connectivity index (χ2v) is 10.8. The van der Waals surface area contributed by atoms with Crippen LogP contribution in [0.15, 0.2) is 30.6 Å². The fraction of sp³-hybridized carbons (Fsp3) is 0.406. The maximum Gasteiger partial charge on any atom is 0.270 e. The number of anilines is 2. The molecule has 0 bridgehead atoms. The van der Waals surface area contributed by atoms with Gasteiger partial charge in [-0.05, 0) is 44.5 Å². The summed E-state index contributed by atoms with van der Waals surface area (Å²) >= 11 is 0. The van der Waals surface area contributed by atoms with Crippen molar-refractivity contribution in [3.8, 4) is 17.0 Å². The molecule has 0 aliphatic carbocycles. The van der Waals surface area contributed by atoms with Gasteiger partial charge in [0.2, 0.25) is 0 Å². The average molecular weight is 569 g/mol. The Morgan fingerprint density at radius 1 is 1.14 bits per heavy atom. The van der Waals surface area contributed by atoms with Gasteiger partial charge in [-0.15, -0.1) is 0 Å². The van der Waals surface area contributed by atoms with E-state index < -0.39 is 0 Å². The molecule has 5 rings (SSSR count). The number of piperazine rings is 1. The number of likely N-dealkylation sites (N-methyl/N-ethyl adjacent to an activating group) is 1. The number of carbonyl (C=O) groups excluding carboxylic acids is 1. The van der Waals surface area contributed by atoms with Crippen molar-refractivity contribution >= 4 is 34.5 Å². The summed E-state index contributed by atoms with van der Waals surface area (Å²) in [5, 5.41) is 12.6. The summed E-state index contributed by atoms with van der Waals surface area (Å²) in [6.07, 6.45) is 6.42. The molecule has 1 aliphatic heterocycles. The molecule has 5 heterocycles. The Hall–Kier alpha value is -4.31. The maximum absolute atomic E-state index is 13.8. The van der Waals surface area contributed by atoms with Gasteiger partial charge in [-0.3, -0.25) is 14.8 Å². The van der Waals surface area contributed by atoms with Gasteiger partial charge in [-0.25, -0.2) is 4.98 Å². The Balaban J connectivity index is 1.58. The SMILES string of the molecule is CCCc1nc(Nc2cc(-c3cnccc3OC)nc(C)c2C=N)cc2c1c(C)c(C(=O)N1CCN(CC)CC1)n2C. The zero-order valence-electron chi connectivity index (χ0n) is 25.4. The summed E-state index contributed by atoms with van der Waals surface area (Å²) < 4.78 is 7.57. The standard InChI is InChI=1S/C32H40N8O2/c1-7-9-24-30-20(3)31(32(41)40-14-12-39(8-2)13-15-40)38(5)27(30)17-29(36-24)37-25-16-26(35-21(4)22(25)18-33)23-19-34-11-10-28(23)42-6/h10-11,16-19,33H,7-9,12-15H2,1-6H3,(H,35,36,37). The van der Waals surface area contributed by atoms with Gasteiger partial charge in [0.1, 0.15) is 17.3 Å². The molecule has 0 saturated carbocycles. The van der Waals surface area contributed by atoms with Crippen molar-refractivity contribution in [1.29, 1.82) is 5.41 Å². The van der Waals surface area contributed by atoms with E-state index >= 15 is 0 Å². The monoisotopic (exact) mass is 568 g/mol. The molecule has 4 aromatic heterocycles. The third kappa shape index (κ3) is 5.34. The van der Waals surface area contributed by atoms with E-state index in [-0.39, 0.29) is 5.91 Å². The Bertz CT molecular complexity index is 1640. The second-order valence-electron chi connectivity index (χ2n) is 10.8. The predicted molar refractivity (Wildman–Crippen MR) is 167 cm³/mol. The van der Waals surface area contributed by atoms with Crippen LogP contribution in [0, 0.1) is 19.3 Å². The number of aryl methyl sites for hydroxylation is 4. The largest absolute Gasteiger partial charge is 0.496 e. The summed E-state index contributed by atoms with van der Waals surface area (Å²) in [5.41, 5.74) is 7.15. The van der Waals surface area contributed by atoms with E-state index in [0.29, 0.717) is 34.2 Å². The summed E-state index contributed by atoms with van der Waals surface area (Å²) in [7, 11) is 3.59. The molecule has 220 valence electrons. The van der Waals surface area contributed by atoms with Gasteiger partial charge in [0.15, 0.2) is 0 Å². The normalized spacial score (nSPS) is 13.9. The molecule has 1 amide bonds. The van der Waals surface area contributed by atoms with Crippen molar-refractivity contribution < 1.29 is 9.53 Å². The molecule has 10 heteroatoms. The van der Waals surface area contributed by atoms with Gasteiger partial charge in [0.25, 0.3) is 5.91 Å². The van der Waals surface area contributed by atoms with Crippen LogP contribution in [0.4, 0.5) is 11.5 Å². The van der Waals surface area contributed by atoms with Gasteiger partial charge in [-0.2, -0.15) is 0 Å². The van der Waals surface area contributed by atoms with Gasteiger partial charge < -0.3 is 29.8 Å². The van der Waals surface area contributed by atoms with Crippen molar-refractivity contribution in [2.75, 3.05) is 45.2 Å². The number of rotatable bonds is 9. The quantitative estimate of drug-likeness (QED) is 0.269. The zero-order chi connectivity index (χ0) is 30.0. The number of hydrogen-bond donors (Lipinski definition) is 2. The molecule has 0 unspecified atom stereocenters. The molecular weight excluding hydrogens is 528 g/mol. The van der Waals surface area contributed by atoms with Crippen molar-refractivity contribution in [3.05, 3.63) is 58.8 Å². The Morgan fingerprint density at radius 2 is 1.90 bits per heavy atom. The maximum atomic E-state index is 13.8. The molecule has 1 saturated heterocycles. The van der Waals surface area contributed by atoms with E-state index in [2.05, 4.69) is 29.0 Å². The molecule has 0 radical (unpaired) electrons. The first-order valence-corrected chi connectivity index (χ1v) is 14.6. The number of fused-ring (bicyclic) bond motifs is 1. The van der Waals surface area contributed by atoms with Crippen molar-refractivity contribution in [3.63, 3.8) is 0 Å². The van der Waals surface area contributed by atoms with E-state index in [1.54, 1.807) is 25.6 Å². The Morgan fingerprint density at radius 3 is 2.57 bits per heavy atom. The topological polar surface area (TPSA) is 112 Å². The summed E-state index contributed by atoms with van der Waals surface area (Å²) in [6, 6.07) is 5.71. The summed E-state index contributed by atoms with van der Waals surface area (Å²) in [5.74, 6) is 1.40. The number of carbonyl (C=O) groups is 1. The molecule has 0 aromatic carbocycles. The van der Waals surface area contributed by atoms with E-state index in [1.807, 2.05) is 42.5 Å². The molecule has 0 atom stereocenters. The van der Waals surface area contributed by atoms with Gasteiger partial charge in [0.05, 0.1) is 35.3 Å². The van der Waals surface area contributed by atoms with Crippen LogP contribution in [0.2, 0.25) is 0 Å². The lowest BCUT2D eigenvalue weighted by Gasteiger charge is -2.34. The molecule has 42 heavy (non-hydrogen) atoms. The molecule has 1 aliphatic rings. The van der Waals surface area contributed by atoms with Gasteiger partial charge >= 0.3 is 0 Å². The Labute approximate surface area is 247 Å². The summed E-state index contributed by atoms with van der Waals surface area (Å²) in [6.45, 7) is 12.5. The highest BCUT2D eigenvalue weighted by atomic mass is 16.5. The smallest absolute Gasteiger partial charge is 0.270 e. The number of amides is 1. The van der Waals surface area contributed by atoms with E-state index in [4.69, 9.17) is 20.1 Å². The Kier molecular flexibility index (Phi) is 8.54. The minimum atomic E-state index is 0.0739. The van der Waals surface area contributed by atoms with Gasteiger partial charge in [0, 0.05) is 74.5 Å². The average Bonchev–Trinajstić information content (AvgIpc) is 3.25. The highest BCUT2D eigenvalue weighted by Gasteiger charge is 2.28. The lowest BCUT2D eigenvalue weighted by molar-refractivity contribution is 0.0633.